The van der Waals surface area contributed by atoms with E-state index in [1.165, 1.54) is 0 Å². The van der Waals surface area contributed by atoms with Gasteiger partial charge >= 0.3 is 6.18 Å². The van der Waals surface area contributed by atoms with Crippen molar-refractivity contribution >= 4 is 0 Å². The van der Waals surface area contributed by atoms with Gasteiger partial charge in [-0.25, -0.2) is 8.78 Å². The van der Waals surface area contributed by atoms with Gasteiger partial charge in [-0.2, -0.15) is 13.2 Å². The smallest absolute Gasteiger partial charge is 0.371 e. The van der Waals surface area contributed by atoms with E-state index in [4.69, 9.17) is 4.74 Å². The van der Waals surface area contributed by atoms with Crippen molar-refractivity contribution in [2.24, 2.45) is 0 Å². The number of hydrogen-bond acceptors (Lipinski definition) is 2. The molecule has 1 aromatic rings. The fraction of sp³-hybridized carbons (Fsp3) is 0.455. The first-order valence-electron chi connectivity index (χ1n) is 5.25. The number of benzene rings is 1. The molecule has 1 heterocycles. The summed E-state index contributed by atoms with van der Waals surface area (Å²) >= 11 is 0. The fourth-order valence-electron chi connectivity index (χ4n) is 1.50. The minimum atomic E-state index is -4.90. The van der Waals surface area contributed by atoms with Crippen LogP contribution in [0.25, 0.3) is 0 Å². The minimum Gasteiger partial charge on any atom is -0.371 e. The van der Waals surface area contributed by atoms with Gasteiger partial charge in [-0.05, 0) is 12.1 Å². The first kappa shape index (κ1) is 13.2. The highest BCUT2D eigenvalue weighted by Crippen LogP contribution is 2.32. The van der Waals surface area contributed by atoms with Crippen LogP contribution in [0.2, 0.25) is 0 Å². The maximum atomic E-state index is 13.4. The average Bonchev–Trinajstić information content (AvgIpc) is 2.18. The van der Waals surface area contributed by atoms with Crippen LogP contribution in [0.5, 0.6) is 0 Å². The van der Waals surface area contributed by atoms with Gasteiger partial charge in [0.2, 0.25) is 0 Å². The van der Waals surface area contributed by atoms with Crippen LogP contribution in [0, 0.1) is 11.6 Å². The molecule has 2 nitrogen and oxygen atoms in total. The summed E-state index contributed by atoms with van der Waals surface area (Å²) in [5.41, 5.74) is -1.82. The zero-order valence-electron chi connectivity index (χ0n) is 9.15. The van der Waals surface area contributed by atoms with E-state index in [0.29, 0.717) is 19.2 Å². The van der Waals surface area contributed by atoms with Crippen molar-refractivity contribution in [3.8, 4) is 0 Å². The van der Waals surface area contributed by atoms with Crippen LogP contribution >= 0.6 is 0 Å². The molecule has 0 amide bonds. The molecule has 1 aliphatic rings. The van der Waals surface area contributed by atoms with Crippen LogP contribution in [0.1, 0.15) is 11.1 Å². The molecule has 7 heteroatoms. The highest BCUT2D eigenvalue weighted by atomic mass is 19.4. The second-order valence-electron chi connectivity index (χ2n) is 4.01. The Kier molecular flexibility index (Phi) is 3.54. The summed E-state index contributed by atoms with van der Waals surface area (Å²) in [4.78, 5) is 0. The topological polar surface area (TPSA) is 21.3 Å². The van der Waals surface area contributed by atoms with Gasteiger partial charge < -0.3 is 10.1 Å². The van der Waals surface area contributed by atoms with E-state index in [9.17, 15) is 22.0 Å². The molecule has 18 heavy (non-hydrogen) atoms. The third-order valence-electron chi connectivity index (χ3n) is 2.66. The monoisotopic (exact) mass is 267 g/mol. The van der Waals surface area contributed by atoms with Crippen LogP contribution in [-0.4, -0.2) is 19.2 Å². The number of alkyl halides is 3. The van der Waals surface area contributed by atoms with Gasteiger partial charge in [-0.3, -0.25) is 0 Å². The number of rotatable bonds is 3. The summed E-state index contributed by atoms with van der Waals surface area (Å²) in [6.07, 6.45) is -5.00. The molecular formula is C11H10F5NO. The summed E-state index contributed by atoms with van der Waals surface area (Å²) < 4.78 is 68.6. The van der Waals surface area contributed by atoms with E-state index < -0.39 is 23.4 Å². The van der Waals surface area contributed by atoms with Crippen LogP contribution in [0.4, 0.5) is 22.0 Å². The predicted octanol–water partition coefficient (Wildman–Crippen LogP) is 2.47. The second-order valence-corrected chi connectivity index (χ2v) is 4.01. The maximum Gasteiger partial charge on any atom is 0.419 e. The Bertz CT molecular complexity index is 442. The third-order valence-corrected chi connectivity index (χ3v) is 2.66. The average molecular weight is 267 g/mol. The van der Waals surface area contributed by atoms with Gasteiger partial charge in [-0.15, -0.1) is 0 Å². The molecule has 2 rings (SSSR count). The molecule has 1 aromatic carbocycles. The van der Waals surface area contributed by atoms with E-state index in [1.807, 2.05) is 0 Å². The minimum absolute atomic E-state index is 0.102. The van der Waals surface area contributed by atoms with E-state index in [-0.39, 0.29) is 24.3 Å². The number of nitrogens with one attached hydrogen (secondary N) is 1. The summed E-state index contributed by atoms with van der Waals surface area (Å²) in [7, 11) is 0. The van der Waals surface area contributed by atoms with Crippen molar-refractivity contribution in [2.75, 3.05) is 13.1 Å². The normalized spacial score (nSPS) is 16.7. The van der Waals surface area contributed by atoms with Gasteiger partial charge in [0.1, 0.15) is 11.6 Å². The second kappa shape index (κ2) is 4.81. The highest BCUT2D eigenvalue weighted by molar-refractivity contribution is 5.27. The molecule has 0 radical (unpaired) electrons. The van der Waals surface area contributed by atoms with Crippen molar-refractivity contribution in [1.82, 2.24) is 5.32 Å². The maximum absolute atomic E-state index is 13.4. The van der Waals surface area contributed by atoms with E-state index in [2.05, 4.69) is 5.32 Å². The standard InChI is InChI=1S/C11H10F5NO/c12-9-2-8(11(14,15)16)10(13)1-6(9)5-18-7-3-17-4-7/h1-2,7,17H,3-5H2. The van der Waals surface area contributed by atoms with Crippen molar-refractivity contribution < 1.29 is 26.7 Å². The zero-order valence-corrected chi connectivity index (χ0v) is 9.15. The van der Waals surface area contributed by atoms with Gasteiger partial charge in [0.05, 0.1) is 18.3 Å². The Morgan fingerprint density at radius 3 is 2.33 bits per heavy atom. The number of halogens is 5. The molecule has 0 unspecified atom stereocenters. The number of hydrogen-bond donors (Lipinski definition) is 1. The van der Waals surface area contributed by atoms with Gasteiger partial charge in [0.25, 0.3) is 0 Å². The molecule has 1 N–H and O–H groups in total. The van der Waals surface area contributed by atoms with Crippen LogP contribution in [0.15, 0.2) is 12.1 Å². The van der Waals surface area contributed by atoms with Crippen molar-refractivity contribution in [2.45, 2.75) is 18.9 Å². The molecule has 1 fully saturated rings. The summed E-state index contributed by atoms with van der Waals surface area (Å²) in [5, 5.41) is 2.91. The molecule has 1 aliphatic heterocycles. The van der Waals surface area contributed by atoms with Gasteiger partial charge in [-0.1, -0.05) is 0 Å². The van der Waals surface area contributed by atoms with E-state index >= 15 is 0 Å². The molecular weight excluding hydrogens is 257 g/mol. The summed E-state index contributed by atoms with van der Waals surface area (Å²) in [5.74, 6) is -2.61. The SMILES string of the molecule is Fc1cc(C(F)(F)F)c(F)cc1COC1CNC1. The highest BCUT2D eigenvalue weighted by Gasteiger charge is 2.35. The van der Waals surface area contributed by atoms with E-state index in [1.54, 1.807) is 0 Å². The van der Waals surface area contributed by atoms with Crippen LogP contribution < -0.4 is 5.32 Å². The lowest BCUT2D eigenvalue weighted by atomic mass is 10.1. The van der Waals surface area contributed by atoms with Crippen molar-refractivity contribution in [1.29, 1.82) is 0 Å². The fourth-order valence-corrected chi connectivity index (χ4v) is 1.50. The molecule has 0 bridgehead atoms. The molecule has 0 aromatic heterocycles. The lowest BCUT2D eigenvalue weighted by molar-refractivity contribution is -0.140. The van der Waals surface area contributed by atoms with Crippen LogP contribution in [0.3, 0.4) is 0 Å². The molecule has 0 aliphatic carbocycles. The number of ether oxygens (including phenoxy) is 1. The lowest BCUT2D eigenvalue weighted by Crippen LogP contribution is -2.48. The molecule has 0 atom stereocenters. The third kappa shape index (κ3) is 2.78. The zero-order chi connectivity index (χ0) is 13.3. The summed E-state index contributed by atoms with van der Waals surface area (Å²) in [6.45, 7) is 0.961. The largest absolute Gasteiger partial charge is 0.419 e. The predicted molar refractivity (Wildman–Crippen MR) is 52.8 cm³/mol. The summed E-state index contributed by atoms with van der Waals surface area (Å²) in [6, 6.07) is 0.692. The quantitative estimate of drug-likeness (QED) is 0.849. The van der Waals surface area contributed by atoms with Crippen LogP contribution in [-0.2, 0) is 17.5 Å². The van der Waals surface area contributed by atoms with Gasteiger partial charge in [0.15, 0.2) is 0 Å². The Morgan fingerprint density at radius 2 is 1.83 bits per heavy atom. The van der Waals surface area contributed by atoms with Crippen molar-refractivity contribution in [3.63, 3.8) is 0 Å². The van der Waals surface area contributed by atoms with E-state index in [0.717, 1.165) is 0 Å². The first-order chi connectivity index (χ1) is 8.38. The Morgan fingerprint density at radius 1 is 1.17 bits per heavy atom. The Balaban J connectivity index is 2.14. The molecule has 0 spiro atoms. The molecule has 1 saturated heterocycles. The molecule has 0 saturated carbocycles. The lowest BCUT2D eigenvalue weighted by Gasteiger charge is -2.27. The van der Waals surface area contributed by atoms with Gasteiger partial charge in [0, 0.05) is 18.7 Å². The Hall–Kier alpha value is -1.21. The molecule has 100 valence electrons. The first-order valence-corrected chi connectivity index (χ1v) is 5.25. The Labute approximate surface area is 99.7 Å². The van der Waals surface area contributed by atoms with Crippen molar-refractivity contribution in [3.05, 3.63) is 34.9 Å².